The first-order chi connectivity index (χ1) is 7.42. The van der Waals surface area contributed by atoms with Crippen LogP contribution in [0, 0.1) is 5.92 Å². The van der Waals surface area contributed by atoms with Crippen LogP contribution in [0.1, 0.15) is 6.42 Å². The fourth-order valence-corrected chi connectivity index (χ4v) is 2.32. The van der Waals surface area contributed by atoms with Crippen LogP contribution in [-0.2, 0) is 4.79 Å². The molecule has 2 nitrogen and oxygen atoms in total. The number of hydrogen-bond donors (Lipinski definition) is 1. The molecular formula is C10H7Cl4NO. The van der Waals surface area contributed by atoms with Gasteiger partial charge in [-0.2, -0.15) is 0 Å². The summed E-state index contributed by atoms with van der Waals surface area (Å²) in [5.41, 5.74) is 0.395. The summed E-state index contributed by atoms with van der Waals surface area (Å²) in [6.45, 7) is 0. The quantitative estimate of drug-likeness (QED) is 0.817. The molecule has 1 saturated carbocycles. The number of halogens is 4. The van der Waals surface area contributed by atoms with Crippen molar-refractivity contribution in [3.63, 3.8) is 0 Å². The molecule has 1 fully saturated rings. The van der Waals surface area contributed by atoms with Crippen molar-refractivity contribution in [3.8, 4) is 0 Å². The molecule has 1 aromatic carbocycles. The lowest BCUT2D eigenvalue weighted by atomic mass is 10.3. The summed E-state index contributed by atoms with van der Waals surface area (Å²) in [5.74, 6) is -0.664. The smallest absolute Gasteiger partial charge is 0.230 e. The van der Waals surface area contributed by atoms with E-state index < -0.39 is 10.3 Å². The van der Waals surface area contributed by atoms with E-state index in [9.17, 15) is 4.79 Å². The number of alkyl halides is 2. The lowest BCUT2D eigenvalue weighted by molar-refractivity contribution is -0.117. The first-order valence-corrected chi connectivity index (χ1v) is 6.06. The van der Waals surface area contributed by atoms with Gasteiger partial charge in [-0.1, -0.05) is 29.3 Å². The molecule has 0 heterocycles. The second-order valence-corrected chi connectivity index (χ2v) is 5.96. The zero-order chi connectivity index (χ0) is 11.9. The maximum absolute atomic E-state index is 11.7. The van der Waals surface area contributed by atoms with Gasteiger partial charge in [0.1, 0.15) is 4.33 Å². The Balaban J connectivity index is 2.13. The van der Waals surface area contributed by atoms with Gasteiger partial charge in [0.05, 0.1) is 21.7 Å². The Labute approximate surface area is 113 Å². The molecule has 0 saturated heterocycles. The lowest BCUT2D eigenvalue weighted by Crippen LogP contribution is -2.17. The summed E-state index contributed by atoms with van der Waals surface area (Å²) in [5, 5.41) is 3.40. The van der Waals surface area contributed by atoms with Crippen LogP contribution in [-0.4, -0.2) is 10.2 Å². The number of hydrogen-bond acceptors (Lipinski definition) is 1. The van der Waals surface area contributed by atoms with Crippen molar-refractivity contribution in [2.24, 2.45) is 5.92 Å². The van der Waals surface area contributed by atoms with E-state index in [0.29, 0.717) is 22.2 Å². The summed E-state index contributed by atoms with van der Waals surface area (Å²) in [6, 6.07) is 4.99. The van der Waals surface area contributed by atoms with Crippen LogP contribution in [0.2, 0.25) is 10.0 Å². The number of amides is 1. The van der Waals surface area contributed by atoms with Gasteiger partial charge in [-0.25, -0.2) is 0 Å². The van der Waals surface area contributed by atoms with Gasteiger partial charge in [-0.15, -0.1) is 23.2 Å². The second-order valence-electron chi connectivity index (χ2n) is 3.60. The van der Waals surface area contributed by atoms with Crippen molar-refractivity contribution in [1.29, 1.82) is 0 Å². The molecular weight excluding hydrogens is 292 g/mol. The van der Waals surface area contributed by atoms with Crippen molar-refractivity contribution in [3.05, 3.63) is 28.2 Å². The van der Waals surface area contributed by atoms with Gasteiger partial charge >= 0.3 is 0 Å². The van der Waals surface area contributed by atoms with Crippen molar-refractivity contribution < 1.29 is 4.79 Å². The minimum Gasteiger partial charge on any atom is -0.323 e. The molecule has 1 N–H and O–H groups in total. The number of rotatable bonds is 2. The van der Waals surface area contributed by atoms with Crippen LogP contribution in [0.4, 0.5) is 5.69 Å². The van der Waals surface area contributed by atoms with Gasteiger partial charge in [0.15, 0.2) is 0 Å². The average molecular weight is 299 g/mol. The Morgan fingerprint density at radius 2 is 1.81 bits per heavy atom. The number of benzene rings is 1. The number of anilines is 1. The van der Waals surface area contributed by atoms with E-state index in [2.05, 4.69) is 5.32 Å². The molecule has 86 valence electrons. The van der Waals surface area contributed by atoms with Crippen molar-refractivity contribution >= 4 is 58.0 Å². The zero-order valence-corrected chi connectivity index (χ0v) is 11.0. The van der Waals surface area contributed by atoms with E-state index in [1.165, 1.54) is 0 Å². The molecule has 6 heteroatoms. The first-order valence-electron chi connectivity index (χ1n) is 4.54. The third kappa shape index (κ3) is 2.40. The molecule has 0 radical (unpaired) electrons. The van der Waals surface area contributed by atoms with E-state index in [1.54, 1.807) is 18.2 Å². The van der Waals surface area contributed by atoms with Crippen LogP contribution in [0.3, 0.4) is 0 Å². The average Bonchev–Trinajstić information content (AvgIpc) is 2.82. The predicted octanol–water partition coefficient (Wildman–Crippen LogP) is 4.13. The van der Waals surface area contributed by atoms with E-state index in [-0.39, 0.29) is 5.91 Å². The third-order valence-electron chi connectivity index (χ3n) is 2.35. The first kappa shape index (κ1) is 12.3. The normalized spacial score (nSPS) is 21.6. The highest BCUT2D eigenvalue weighted by molar-refractivity contribution is 6.52. The Morgan fingerprint density at radius 3 is 2.25 bits per heavy atom. The minimum absolute atomic E-state index is 0.264. The largest absolute Gasteiger partial charge is 0.323 e. The van der Waals surface area contributed by atoms with Gasteiger partial charge in [0, 0.05) is 0 Å². The second kappa shape index (κ2) is 4.26. The molecule has 1 aromatic rings. The van der Waals surface area contributed by atoms with Gasteiger partial charge in [-0.3, -0.25) is 4.79 Å². The van der Waals surface area contributed by atoms with Crippen molar-refractivity contribution in [1.82, 2.24) is 0 Å². The molecule has 0 spiro atoms. The fourth-order valence-electron chi connectivity index (χ4n) is 1.33. The standard InChI is InChI=1S/C10H7Cl4NO/c11-6-2-1-3-7(12)8(6)15-9(16)5-4-10(5,13)14/h1-3,5H,4H2,(H,15,16). The highest BCUT2D eigenvalue weighted by Crippen LogP contribution is 2.53. The molecule has 0 aromatic heterocycles. The Morgan fingerprint density at radius 1 is 1.31 bits per heavy atom. The number of carbonyl (C=O) groups is 1. The van der Waals surface area contributed by atoms with Gasteiger partial charge in [0.2, 0.25) is 5.91 Å². The van der Waals surface area contributed by atoms with Crippen LogP contribution in [0.25, 0.3) is 0 Å². The van der Waals surface area contributed by atoms with E-state index in [4.69, 9.17) is 46.4 Å². The molecule has 2 rings (SSSR count). The molecule has 16 heavy (non-hydrogen) atoms. The lowest BCUT2D eigenvalue weighted by Gasteiger charge is -2.08. The number of nitrogens with one attached hydrogen (secondary N) is 1. The van der Waals surface area contributed by atoms with E-state index in [1.807, 2.05) is 0 Å². The van der Waals surface area contributed by atoms with Gasteiger partial charge < -0.3 is 5.32 Å². The number of para-hydroxylation sites is 1. The topological polar surface area (TPSA) is 29.1 Å². The minimum atomic E-state index is -0.947. The molecule has 1 unspecified atom stereocenters. The maximum Gasteiger partial charge on any atom is 0.230 e. The van der Waals surface area contributed by atoms with E-state index in [0.717, 1.165) is 0 Å². The van der Waals surface area contributed by atoms with Gasteiger partial charge in [0.25, 0.3) is 0 Å². The summed E-state index contributed by atoms with van der Waals surface area (Å²) >= 11 is 23.4. The zero-order valence-electron chi connectivity index (χ0n) is 7.94. The highest BCUT2D eigenvalue weighted by atomic mass is 35.5. The fraction of sp³-hybridized carbons (Fsp3) is 0.300. The summed E-state index contributed by atoms with van der Waals surface area (Å²) in [6.07, 6.45) is 0.448. The Bertz CT molecular complexity index is 426. The molecule has 0 bridgehead atoms. The Hall–Kier alpha value is -0.150. The molecule has 0 aliphatic heterocycles. The third-order valence-corrected chi connectivity index (χ3v) is 3.82. The summed E-state index contributed by atoms with van der Waals surface area (Å²) in [4.78, 5) is 11.7. The number of carbonyl (C=O) groups excluding carboxylic acids is 1. The molecule has 1 amide bonds. The SMILES string of the molecule is O=C(Nc1c(Cl)cccc1Cl)C1CC1(Cl)Cl. The molecule has 1 atom stereocenters. The predicted molar refractivity (Wildman–Crippen MR) is 67.6 cm³/mol. The maximum atomic E-state index is 11.7. The van der Waals surface area contributed by atoms with Crippen molar-refractivity contribution in [2.45, 2.75) is 10.8 Å². The van der Waals surface area contributed by atoms with Crippen LogP contribution in [0.5, 0.6) is 0 Å². The van der Waals surface area contributed by atoms with Gasteiger partial charge in [-0.05, 0) is 18.6 Å². The van der Waals surface area contributed by atoms with Crippen molar-refractivity contribution in [2.75, 3.05) is 5.32 Å². The summed E-state index contributed by atoms with van der Waals surface area (Å²) in [7, 11) is 0. The van der Waals surface area contributed by atoms with Crippen LogP contribution < -0.4 is 5.32 Å². The van der Waals surface area contributed by atoms with E-state index >= 15 is 0 Å². The summed E-state index contributed by atoms with van der Waals surface area (Å²) < 4.78 is -0.947. The highest BCUT2D eigenvalue weighted by Gasteiger charge is 2.56. The van der Waals surface area contributed by atoms with Crippen LogP contribution in [0.15, 0.2) is 18.2 Å². The Kier molecular flexibility index (Phi) is 3.28. The van der Waals surface area contributed by atoms with Crippen LogP contribution >= 0.6 is 46.4 Å². The molecule has 1 aliphatic rings. The monoisotopic (exact) mass is 297 g/mol. The molecule has 1 aliphatic carbocycles.